The van der Waals surface area contributed by atoms with Gasteiger partial charge in [-0.3, -0.25) is 9.59 Å². The highest BCUT2D eigenvalue weighted by molar-refractivity contribution is 14.1. The first kappa shape index (κ1) is 22.4. The molecule has 0 bridgehead atoms. The van der Waals surface area contributed by atoms with E-state index in [1.54, 1.807) is 25.1 Å². The highest BCUT2D eigenvalue weighted by Gasteiger charge is 2.12. The van der Waals surface area contributed by atoms with E-state index in [4.69, 9.17) is 14.2 Å². The van der Waals surface area contributed by atoms with Crippen molar-refractivity contribution in [2.75, 3.05) is 19.8 Å². The van der Waals surface area contributed by atoms with Crippen molar-refractivity contribution >= 4 is 34.3 Å². The molecule has 5 nitrogen and oxygen atoms in total. The second-order valence-corrected chi connectivity index (χ2v) is 7.28. The maximum Gasteiger partial charge on any atom is 0.306 e. The molecule has 0 aliphatic heterocycles. The van der Waals surface area contributed by atoms with Crippen LogP contribution in [0.15, 0.2) is 48.5 Å². The number of ketones is 1. The Bertz CT molecular complexity index is 761. The standard InChI is InChI=1S/C22H25IO5/c1-2-27-22(25)12-10-20(24)18-9-11-21(19(23)15-18)28-14-6-13-26-16-17-7-4-3-5-8-17/h3-5,7-9,11,15H,2,6,10,12-14,16H2,1H3. The lowest BCUT2D eigenvalue weighted by Gasteiger charge is -2.10. The van der Waals surface area contributed by atoms with Crippen LogP contribution in [-0.4, -0.2) is 31.6 Å². The van der Waals surface area contributed by atoms with Gasteiger partial charge in [-0.2, -0.15) is 0 Å². The number of carbonyl (C=O) groups is 2. The molecule has 0 N–H and O–H groups in total. The van der Waals surface area contributed by atoms with Gasteiger partial charge in [-0.25, -0.2) is 0 Å². The fraction of sp³-hybridized carbons (Fsp3) is 0.364. The molecule has 2 aromatic carbocycles. The SMILES string of the molecule is CCOC(=O)CCC(=O)c1ccc(OCCCOCc2ccccc2)c(I)c1. The van der Waals surface area contributed by atoms with Crippen molar-refractivity contribution in [1.82, 2.24) is 0 Å². The number of benzene rings is 2. The minimum atomic E-state index is -0.347. The fourth-order valence-electron chi connectivity index (χ4n) is 2.49. The second kappa shape index (κ2) is 12.5. The summed E-state index contributed by atoms with van der Waals surface area (Å²) in [5, 5.41) is 0. The number of halogens is 1. The Balaban J connectivity index is 1.70. The summed E-state index contributed by atoms with van der Waals surface area (Å²) in [6.07, 6.45) is 1.03. The summed E-state index contributed by atoms with van der Waals surface area (Å²) in [4.78, 5) is 23.6. The Kier molecular flexibility index (Phi) is 9.99. The molecule has 0 atom stereocenters. The average Bonchev–Trinajstić information content (AvgIpc) is 2.70. The van der Waals surface area contributed by atoms with E-state index in [2.05, 4.69) is 22.6 Å². The zero-order valence-corrected chi connectivity index (χ0v) is 18.1. The van der Waals surface area contributed by atoms with Gasteiger partial charge in [0.2, 0.25) is 0 Å². The second-order valence-electron chi connectivity index (χ2n) is 6.11. The topological polar surface area (TPSA) is 61.8 Å². The highest BCUT2D eigenvalue weighted by Crippen LogP contribution is 2.23. The van der Waals surface area contributed by atoms with Gasteiger partial charge in [-0.1, -0.05) is 30.3 Å². The Labute approximate surface area is 179 Å². The molecule has 2 aromatic rings. The van der Waals surface area contributed by atoms with Crippen molar-refractivity contribution in [2.45, 2.75) is 32.8 Å². The van der Waals surface area contributed by atoms with Crippen LogP contribution in [0, 0.1) is 3.57 Å². The Morgan fingerprint density at radius 2 is 1.79 bits per heavy atom. The van der Waals surface area contributed by atoms with Gasteiger partial charge in [0, 0.05) is 18.4 Å². The number of esters is 1. The maximum atomic E-state index is 12.2. The average molecular weight is 496 g/mol. The largest absolute Gasteiger partial charge is 0.492 e. The molecular formula is C22H25IO5. The summed E-state index contributed by atoms with van der Waals surface area (Å²) in [6, 6.07) is 15.4. The lowest BCUT2D eigenvalue weighted by Crippen LogP contribution is -2.08. The van der Waals surface area contributed by atoms with Gasteiger partial charge in [-0.15, -0.1) is 0 Å². The van der Waals surface area contributed by atoms with E-state index in [-0.39, 0.29) is 24.6 Å². The van der Waals surface area contributed by atoms with Crippen LogP contribution in [0.3, 0.4) is 0 Å². The van der Waals surface area contributed by atoms with Gasteiger partial charge in [0.15, 0.2) is 5.78 Å². The summed E-state index contributed by atoms with van der Waals surface area (Å²) in [6.45, 7) is 3.84. The van der Waals surface area contributed by atoms with E-state index < -0.39 is 0 Å². The molecule has 0 heterocycles. The molecule has 0 amide bonds. The first-order valence-electron chi connectivity index (χ1n) is 9.33. The quantitative estimate of drug-likeness (QED) is 0.183. The zero-order chi connectivity index (χ0) is 20.2. The zero-order valence-electron chi connectivity index (χ0n) is 16.0. The van der Waals surface area contributed by atoms with E-state index in [0.29, 0.717) is 32.0 Å². The van der Waals surface area contributed by atoms with E-state index in [0.717, 1.165) is 21.3 Å². The number of hydrogen-bond acceptors (Lipinski definition) is 5. The Morgan fingerprint density at radius 3 is 2.50 bits per heavy atom. The van der Waals surface area contributed by atoms with Crippen LogP contribution < -0.4 is 4.74 Å². The molecule has 0 aromatic heterocycles. The fourth-order valence-corrected chi connectivity index (χ4v) is 3.16. The Hall–Kier alpha value is -1.93. The first-order chi connectivity index (χ1) is 13.6. The number of ether oxygens (including phenoxy) is 3. The van der Waals surface area contributed by atoms with Crippen LogP contribution in [0.2, 0.25) is 0 Å². The monoisotopic (exact) mass is 496 g/mol. The lowest BCUT2D eigenvalue weighted by molar-refractivity contribution is -0.143. The van der Waals surface area contributed by atoms with Gasteiger partial charge in [-0.05, 0) is 53.3 Å². The minimum Gasteiger partial charge on any atom is -0.492 e. The number of rotatable bonds is 12. The summed E-state index contributed by atoms with van der Waals surface area (Å²) in [5.41, 5.74) is 1.73. The summed E-state index contributed by atoms with van der Waals surface area (Å²) < 4.78 is 17.1. The molecule has 28 heavy (non-hydrogen) atoms. The van der Waals surface area contributed by atoms with Crippen molar-refractivity contribution in [3.63, 3.8) is 0 Å². The van der Waals surface area contributed by atoms with Gasteiger partial charge in [0.1, 0.15) is 5.75 Å². The highest BCUT2D eigenvalue weighted by atomic mass is 127. The minimum absolute atomic E-state index is 0.0770. The number of hydrogen-bond donors (Lipinski definition) is 0. The molecule has 0 saturated carbocycles. The van der Waals surface area contributed by atoms with E-state index in [9.17, 15) is 9.59 Å². The molecule has 0 saturated heterocycles. The van der Waals surface area contributed by atoms with Crippen molar-refractivity contribution in [3.05, 3.63) is 63.2 Å². The molecule has 0 fully saturated rings. The maximum absolute atomic E-state index is 12.2. The van der Waals surface area contributed by atoms with Crippen molar-refractivity contribution in [1.29, 1.82) is 0 Å². The van der Waals surface area contributed by atoms with E-state index in [1.165, 1.54) is 0 Å². The third-order valence-corrected chi connectivity index (χ3v) is 4.76. The van der Waals surface area contributed by atoms with E-state index in [1.807, 2.05) is 30.3 Å². The van der Waals surface area contributed by atoms with Crippen LogP contribution in [0.1, 0.15) is 42.1 Å². The van der Waals surface area contributed by atoms with Gasteiger partial charge < -0.3 is 14.2 Å². The molecule has 2 rings (SSSR count). The van der Waals surface area contributed by atoms with Crippen LogP contribution in [0.25, 0.3) is 0 Å². The number of Topliss-reactive ketones (excluding diaryl/α,β-unsaturated/α-hetero) is 1. The molecule has 6 heteroatoms. The smallest absolute Gasteiger partial charge is 0.306 e. The van der Waals surface area contributed by atoms with Crippen LogP contribution >= 0.6 is 22.6 Å². The lowest BCUT2D eigenvalue weighted by atomic mass is 10.1. The van der Waals surface area contributed by atoms with Crippen molar-refractivity contribution in [2.24, 2.45) is 0 Å². The number of carbonyl (C=O) groups excluding carboxylic acids is 2. The molecule has 0 unspecified atom stereocenters. The predicted octanol–water partition coefficient (Wildman–Crippen LogP) is 4.80. The van der Waals surface area contributed by atoms with Crippen LogP contribution in [-0.2, 0) is 20.9 Å². The van der Waals surface area contributed by atoms with Gasteiger partial charge >= 0.3 is 5.97 Å². The molecule has 0 aliphatic rings. The van der Waals surface area contributed by atoms with Crippen LogP contribution in [0.4, 0.5) is 0 Å². The molecular weight excluding hydrogens is 471 g/mol. The van der Waals surface area contributed by atoms with Crippen molar-refractivity contribution in [3.8, 4) is 5.75 Å². The Morgan fingerprint density at radius 1 is 1.00 bits per heavy atom. The summed E-state index contributed by atoms with van der Waals surface area (Å²) in [5.74, 6) is 0.317. The van der Waals surface area contributed by atoms with E-state index >= 15 is 0 Å². The van der Waals surface area contributed by atoms with Gasteiger partial charge in [0.05, 0.1) is 36.4 Å². The third kappa shape index (κ3) is 7.98. The van der Waals surface area contributed by atoms with Crippen molar-refractivity contribution < 1.29 is 23.8 Å². The molecule has 0 aliphatic carbocycles. The van der Waals surface area contributed by atoms with Crippen LogP contribution in [0.5, 0.6) is 5.75 Å². The molecule has 150 valence electrons. The normalized spacial score (nSPS) is 10.5. The summed E-state index contributed by atoms with van der Waals surface area (Å²) >= 11 is 2.15. The first-order valence-corrected chi connectivity index (χ1v) is 10.4. The third-order valence-electron chi connectivity index (χ3n) is 3.92. The summed E-state index contributed by atoms with van der Waals surface area (Å²) in [7, 11) is 0. The van der Waals surface area contributed by atoms with Gasteiger partial charge in [0.25, 0.3) is 0 Å². The molecule has 0 spiro atoms. The predicted molar refractivity (Wildman–Crippen MR) is 116 cm³/mol. The molecule has 0 radical (unpaired) electrons.